The minimum Gasteiger partial charge on any atom is -0.376 e. The van der Waals surface area contributed by atoms with Crippen LogP contribution in [0.15, 0.2) is 39.8 Å². The second-order valence-electron chi connectivity index (χ2n) is 5.66. The van der Waals surface area contributed by atoms with Crippen LogP contribution in [0.4, 0.5) is 5.69 Å². The summed E-state index contributed by atoms with van der Waals surface area (Å²) < 4.78 is 38.5. The van der Waals surface area contributed by atoms with E-state index in [0.717, 1.165) is 12.8 Å². The van der Waals surface area contributed by atoms with Crippen molar-refractivity contribution in [2.45, 2.75) is 37.7 Å². The van der Waals surface area contributed by atoms with Gasteiger partial charge in [0, 0.05) is 6.61 Å². The van der Waals surface area contributed by atoms with Crippen LogP contribution in [0.25, 0.3) is 0 Å². The predicted octanol–water partition coefficient (Wildman–Crippen LogP) is 2.67. The summed E-state index contributed by atoms with van der Waals surface area (Å²) in [7, 11) is -3.76. The first kappa shape index (κ1) is 16.0. The lowest BCUT2D eigenvalue weighted by Crippen LogP contribution is -2.37. The quantitative estimate of drug-likeness (QED) is 0.839. The van der Waals surface area contributed by atoms with Crippen molar-refractivity contribution in [1.29, 1.82) is 0 Å². The highest BCUT2D eigenvalue weighted by Gasteiger charge is 2.33. The van der Waals surface area contributed by atoms with E-state index in [1.165, 1.54) is 4.31 Å². The molecule has 1 unspecified atom stereocenters. The summed E-state index contributed by atoms with van der Waals surface area (Å²) in [4.78, 5) is 0.138. The summed E-state index contributed by atoms with van der Waals surface area (Å²) in [5.74, 6) is 0.302. The van der Waals surface area contributed by atoms with E-state index < -0.39 is 10.0 Å². The van der Waals surface area contributed by atoms with Gasteiger partial charge in [-0.15, -0.1) is 0 Å². The molecule has 3 rings (SSSR count). The summed E-state index contributed by atoms with van der Waals surface area (Å²) in [6.07, 6.45) is 1.73. The molecule has 0 bridgehead atoms. The maximum absolute atomic E-state index is 13.2. The van der Waals surface area contributed by atoms with Gasteiger partial charge in [0.05, 0.1) is 18.3 Å². The number of aromatic nitrogens is 1. The van der Waals surface area contributed by atoms with Crippen LogP contribution in [0, 0.1) is 13.8 Å². The first-order valence-electron chi connectivity index (χ1n) is 7.62. The summed E-state index contributed by atoms with van der Waals surface area (Å²) in [5, 5.41) is 3.78. The fraction of sp³-hybridized carbons (Fsp3) is 0.438. The molecule has 7 heteroatoms. The normalized spacial score (nSPS) is 18.3. The van der Waals surface area contributed by atoms with Gasteiger partial charge in [-0.2, -0.15) is 0 Å². The molecular weight excluding hydrogens is 316 g/mol. The third-order valence-electron chi connectivity index (χ3n) is 3.95. The van der Waals surface area contributed by atoms with E-state index in [-0.39, 0.29) is 17.5 Å². The van der Waals surface area contributed by atoms with Gasteiger partial charge in [-0.3, -0.25) is 4.31 Å². The summed E-state index contributed by atoms with van der Waals surface area (Å²) in [6, 6.07) is 9.06. The van der Waals surface area contributed by atoms with Gasteiger partial charge in [0.2, 0.25) is 0 Å². The third-order valence-corrected chi connectivity index (χ3v) is 5.99. The molecule has 0 N–H and O–H groups in total. The average molecular weight is 336 g/mol. The Labute approximate surface area is 136 Å². The van der Waals surface area contributed by atoms with E-state index >= 15 is 0 Å². The molecule has 2 heterocycles. The monoisotopic (exact) mass is 336 g/mol. The van der Waals surface area contributed by atoms with Crippen LogP contribution in [-0.2, 0) is 14.8 Å². The Morgan fingerprint density at radius 3 is 2.57 bits per heavy atom. The number of anilines is 1. The van der Waals surface area contributed by atoms with Gasteiger partial charge in [0.1, 0.15) is 5.69 Å². The summed E-state index contributed by atoms with van der Waals surface area (Å²) in [6.45, 7) is 4.22. The molecule has 0 aliphatic carbocycles. The van der Waals surface area contributed by atoms with Crippen molar-refractivity contribution in [1.82, 2.24) is 5.16 Å². The number of aryl methyl sites for hydroxylation is 2. The van der Waals surface area contributed by atoms with Gasteiger partial charge in [0.15, 0.2) is 10.7 Å². The molecule has 6 nitrogen and oxygen atoms in total. The Hall–Kier alpha value is -1.86. The van der Waals surface area contributed by atoms with E-state index in [2.05, 4.69) is 5.16 Å². The molecule has 2 aromatic rings. The molecule has 124 valence electrons. The standard InChI is InChI=1S/C16H20N2O4S/c1-12-16(13(2)22-17-12)23(19,20)18(11-15-9-6-10-21-15)14-7-4-3-5-8-14/h3-5,7-8,15H,6,9-11H2,1-2H3. The molecule has 0 amide bonds. The topological polar surface area (TPSA) is 72.6 Å². The highest BCUT2D eigenvalue weighted by atomic mass is 32.2. The lowest BCUT2D eigenvalue weighted by molar-refractivity contribution is 0.118. The van der Waals surface area contributed by atoms with E-state index in [0.29, 0.717) is 23.7 Å². The Morgan fingerprint density at radius 1 is 1.26 bits per heavy atom. The molecule has 0 saturated carbocycles. The zero-order chi connectivity index (χ0) is 16.4. The van der Waals surface area contributed by atoms with Crippen LogP contribution in [0.3, 0.4) is 0 Å². The fourth-order valence-corrected chi connectivity index (χ4v) is 4.66. The molecule has 1 aliphatic heterocycles. The fourth-order valence-electron chi connectivity index (χ4n) is 2.86. The molecule has 0 spiro atoms. The highest BCUT2D eigenvalue weighted by Crippen LogP contribution is 2.29. The van der Waals surface area contributed by atoms with Crippen molar-refractivity contribution >= 4 is 15.7 Å². The van der Waals surface area contributed by atoms with Crippen molar-refractivity contribution in [3.8, 4) is 0 Å². The van der Waals surface area contributed by atoms with Crippen LogP contribution >= 0.6 is 0 Å². The number of hydrogen-bond acceptors (Lipinski definition) is 5. The largest absolute Gasteiger partial charge is 0.376 e. The van der Waals surface area contributed by atoms with Crippen LogP contribution in [0.1, 0.15) is 24.3 Å². The Morgan fingerprint density at radius 2 is 2.00 bits per heavy atom. The Balaban J connectivity index is 2.03. The van der Waals surface area contributed by atoms with E-state index in [1.54, 1.807) is 26.0 Å². The number of benzene rings is 1. The Bertz CT molecular complexity index is 745. The zero-order valence-electron chi connectivity index (χ0n) is 13.2. The van der Waals surface area contributed by atoms with Crippen molar-refractivity contribution in [2.75, 3.05) is 17.5 Å². The van der Waals surface area contributed by atoms with Crippen molar-refractivity contribution in [3.05, 3.63) is 41.8 Å². The van der Waals surface area contributed by atoms with Crippen LogP contribution in [0.2, 0.25) is 0 Å². The molecule has 0 radical (unpaired) electrons. The maximum Gasteiger partial charge on any atom is 0.269 e. The van der Waals surface area contributed by atoms with Gasteiger partial charge in [-0.1, -0.05) is 23.4 Å². The molecule has 1 aromatic heterocycles. The van der Waals surface area contributed by atoms with Gasteiger partial charge < -0.3 is 9.26 Å². The Kier molecular flexibility index (Phi) is 4.41. The van der Waals surface area contributed by atoms with Gasteiger partial charge in [0.25, 0.3) is 10.0 Å². The first-order valence-corrected chi connectivity index (χ1v) is 9.06. The number of rotatable bonds is 5. The van der Waals surface area contributed by atoms with Gasteiger partial charge in [-0.25, -0.2) is 8.42 Å². The van der Waals surface area contributed by atoms with Crippen molar-refractivity contribution < 1.29 is 17.7 Å². The summed E-state index contributed by atoms with van der Waals surface area (Å²) >= 11 is 0. The first-order chi connectivity index (χ1) is 11.0. The molecule has 1 aliphatic rings. The van der Waals surface area contributed by atoms with Crippen LogP contribution in [0.5, 0.6) is 0 Å². The third kappa shape index (κ3) is 3.11. The lowest BCUT2D eigenvalue weighted by atomic mass is 10.2. The number of sulfonamides is 1. The highest BCUT2D eigenvalue weighted by molar-refractivity contribution is 7.93. The van der Waals surface area contributed by atoms with Crippen molar-refractivity contribution in [3.63, 3.8) is 0 Å². The van der Waals surface area contributed by atoms with E-state index in [9.17, 15) is 8.42 Å². The SMILES string of the molecule is Cc1noc(C)c1S(=O)(=O)N(CC1CCCO1)c1ccccc1. The van der Waals surface area contributed by atoms with Gasteiger partial charge >= 0.3 is 0 Å². The molecule has 23 heavy (non-hydrogen) atoms. The maximum atomic E-state index is 13.2. The number of hydrogen-bond donors (Lipinski definition) is 0. The van der Waals surface area contributed by atoms with Crippen molar-refractivity contribution in [2.24, 2.45) is 0 Å². The summed E-state index contributed by atoms with van der Waals surface area (Å²) in [5.41, 5.74) is 0.985. The second-order valence-corrected chi connectivity index (χ2v) is 7.46. The number of para-hydroxylation sites is 1. The minimum atomic E-state index is -3.76. The molecular formula is C16H20N2O4S. The van der Waals surface area contributed by atoms with Crippen LogP contribution in [-0.4, -0.2) is 32.8 Å². The average Bonchev–Trinajstić information content (AvgIpc) is 3.15. The minimum absolute atomic E-state index is 0.0922. The molecule has 1 aromatic carbocycles. The van der Waals surface area contributed by atoms with E-state index in [1.807, 2.05) is 18.2 Å². The number of nitrogens with zero attached hydrogens (tertiary/aromatic N) is 2. The predicted molar refractivity (Wildman–Crippen MR) is 85.9 cm³/mol. The zero-order valence-corrected chi connectivity index (χ0v) is 14.0. The lowest BCUT2D eigenvalue weighted by Gasteiger charge is -2.26. The molecule has 1 fully saturated rings. The van der Waals surface area contributed by atoms with Gasteiger partial charge in [-0.05, 0) is 38.8 Å². The molecule has 1 atom stereocenters. The molecule has 1 saturated heterocycles. The smallest absolute Gasteiger partial charge is 0.269 e. The number of ether oxygens (including phenoxy) is 1. The second kappa shape index (κ2) is 6.33. The van der Waals surface area contributed by atoms with Crippen LogP contribution < -0.4 is 4.31 Å². The van der Waals surface area contributed by atoms with E-state index in [4.69, 9.17) is 9.26 Å².